The summed E-state index contributed by atoms with van der Waals surface area (Å²) in [6, 6.07) is 13.6. The van der Waals surface area contributed by atoms with Crippen molar-refractivity contribution in [3.8, 4) is 28.6 Å². The molecule has 0 spiro atoms. The van der Waals surface area contributed by atoms with Crippen molar-refractivity contribution in [1.82, 2.24) is 15.2 Å². The summed E-state index contributed by atoms with van der Waals surface area (Å²) in [5.74, 6) is 2.60. The lowest BCUT2D eigenvalue weighted by molar-refractivity contribution is 0.218. The van der Waals surface area contributed by atoms with Crippen LogP contribution in [0.3, 0.4) is 0 Å². The van der Waals surface area contributed by atoms with Crippen LogP contribution in [0.2, 0.25) is 0 Å². The molecule has 1 atom stereocenters. The minimum absolute atomic E-state index is 0.436. The summed E-state index contributed by atoms with van der Waals surface area (Å²) in [5.41, 5.74) is 3.18. The van der Waals surface area contributed by atoms with Gasteiger partial charge in [0.05, 0.1) is 19.8 Å². The van der Waals surface area contributed by atoms with E-state index in [1.54, 1.807) is 26.0 Å². The Morgan fingerprint density at radius 2 is 1.93 bits per heavy atom. The van der Waals surface area contributed by atoms with E-state index >= 15 is 0 Å². The van der Waals surface area contributed by atoms with Crippen LogP contribution in [-0.2, 0) is 0 Å². The molecule has 150 valence electrons. The van der Waals surface area contributed by atoms with Gasteiger partial charge in [-0.1, -0.05) is 43.0 Å². The van der Waals surface area contributed by atoms with Crippen LogP contribution in [-0.4, -0.2) is 35.2 Å². The first-order valence-electron chi connectivity index (χ1n) is 9.36. The quantitative estimate of drug-likeness (QED) is 0.593. The van der Waals surface area contributed by atoms with Crippen LogP contribution in [0.25, 0.3) is 11.3 Å². The number of ether oxygens (including phenoxy) is 3. The smallest absolute Gasteiger partial charge is 0.247 e. The van der Waals surface area contributed by atoms with Gasteiger partial charge in [0.1, 0.15) is 0 Å². The zero-order chi connectivity index (χ0) is 20.2. The molecule has 2 aromatic carbocycles. The van der Waals surface area contributed by atoms with E-state index in [2.05, 4.69) is 27.4 Å². The van der Waals surface area contributed by atoms with Gasteiger partial charge in [0.25, 0.3) is 0 Å². The van der Waals surface area contributed by atoms with Crippen LogP contribution in [0.4, 0.5) is 5.69 Å². The molecule has 0 radical (unpaired) electrons. The van der Waals surface area contributed by atoms with Gasteiger partial charge >= 0.3 is 0 Å². The number of aromatic nitrogens is 3. The summed E-state index contributed by atoms with van der Waals surface area (Å²) in [7, 11) is 3.23. The van der Waals surface area contributed by atoms with E-state index in [0.717, 1.165) is 29.0 Å². The van der Waals surface area contributed by atoms with E-state index < -0.39 is 6.23 Å². The fraction of sp³-hybridized carbons (Fsp3) is 0.286. The molecular weight excluding hydrogens is 388 g/mol. The van der Waals surface area contributed by atoms with Crippen molar-refractivity contribution in [3.63, 3.8) is 0 Å². The molecule has 29 heavy (non-hydrogen) atoms. The van der Waals surface area contributed by atoms with E-state index in [4.69, 9.17) is 14.2 Å². The Bertz CT molecular complexity index is 1010. The van der Waals surface area contributed by atoms with Gasteiger partial charge in [-0.15, -0.1) is 10.2 Å². The lowest BCUT2D eigenvalue weighted by Gasteiger charge is -2.22. The average molecular weight is 410 g/mol. The molecule has 8 heteroatoms. The molecule has 0 saturated carbocycles. The Labute approximate surface area is 173 Å². The number of rotatable bonds is 6. The van der Waals surface area contributed by atoms with Crippen molar-refractivity contribution in [2.45, 2.75) is 24.7 Å². The van der Waals surface area contributed by atoms with E-state index in [9.17, 15) is 0 Å². The normalized spacial score (nSPS) is 14.7. The number of anilines is 1. The third-order valence-electron chi connectivity index (χ3n) is 4.48. The first-order valence-corrected chi connectivity index (χ1v) is 10.3. The van der Waals surface area contributed by atoms with Gasteiger partial charge in [0.15, 0.2) is 17.2 Å². The second kappa shape index (κ2) is 8.57. The van der Waals surface area contributed by atoms with Crippen LogP contribution < -0.4 is 19.5 Å². The molecule has 0 aliphatic carbocycles. The third-order valence-corrected chi connectivity index (χ3v) is 5.53. The molecule has 1 aromatic heterocycles. The Morgan fingerprint density at radius 1 is 1.07 bits per heavy atom. The Balaban J connectivity index is 1.82. The Kier molecular flexibility index (Phi) is 5.71. The highest BCUT2D eigenvalue weighted by molar-refractivity contribution is 7.99. The van der Waals surface area contributed by atoms with Gasteiger partial charge in [-0.3, -0.25) is 0 Å². The lowest BCUT2D eigenvalue weighted by atomic mass is 10.1. The van der Waals surface area contributed by atoms with E-state index in [1.165, 1.54) is 0 Å². The van der Waals surface area contributed by atoms with E-state index in [-0.39, 0.29) is 0 Å². The molecule has 4 rings (SSSR count). The van der Waals surface area contributed by atoms with Crippen LogP contribution in [0.1, 0.15) is 25.1 Å². The summed E-state index contributed by atoms with van der Waals surface area (Å²) in [5, 5.41) is 12.7. The number of hydrogen-bond donors (Lipinski definition) is 1. The zero-order valence-corrected chi connectivity index (χ0v) is 17.3. The molecule has 0 saturated heterocycles. The molecule has 7 nitrogen and oxygen atoms in total. The van der Waals surface area contributed by atoms with Gasteiger partial charge in [0.2, 0.25) is 17.3 Å². The van der Waals surface area contributed by atoms with Gasteiger partial charge in [-0.05, 0) is 24.6 Å². The molecule has 1 aliphatic heterocycles. The fourth-order valence-corrected chi connectivity index (χ4v) is 3.79. The highest BCUT2D eigenvalue weighted by Crippen LogP contribution is 2.42. The first kappa shape index (κ1) is 19.3. The van der Waals surface area contributed by atoms with Crippen LogP contribution in [0.5, 0.6) is 17.4 Å². The molecule has 0 amide bonds. The molecule has 2 heterocycles. The number of para-hydroxylation sites is 2. The summed E-state index contributed by atoms with van der Waals surface area (Å²) in [6.45, 7) is 2.12. The van der Waals surface area contributed by atoms with Crippen molar-refractivity contribution in [3.05, 3.63) is 48.0 Å². The Hall–Kier alpha value is -3.00. The predicted molar refractivity (Wildman–Crippen MR) is 113 cm³/mol. The second-order valence-electron chi connectivity index (χ2n) is 6.37. The largest absolute Gasteiger partial charge is 0.493 e. The lowest BCUT2D eigenvalue weighted by Crippen LogP contribution is -2.18. The van der Waals surface area contributed by atoms with Gasteiger partial charge < -0.3 is 19.5 Å². The highest BCUT2D eigenvalue weighted by Gasteiger charge is 2.28. The molecular formula is C21H22N4O3S. The minimum Gasteiger partial charge on any atom is -0.493 e. The number of methoxy groups -OCH3 is 2. The zero-order valence-electron chi connectivity index (χ0n) is 16.5. The summed E-state index contributed by atoms with van der Waals surface area (Å²) in [4.78, 5) is 4.64. The fourth-order valence-electron chi connectivity index (χ4n) is 3.16. The maximum atomic E-state index is 6.31. The number of nitrogens with zero attached hydrogens (tertiary/aromatic N) is 3. The Morgan fingerprint density at radius 3 is 2.72 bits per heavy atom. The molecule has 3 aromatic rings. The SMILES string of the molecule is CCCSc1nnc2c(n1)O[C@H](c1cccc(OC)c1OC)Nc1ccccc1-2. The number of hydrogen-bond acceptors (Lipinski definition) is 8. The third kappa shape index (κ3) is 3.80. The van der Waals surface area contributed by atoms with Gasteiger partial charge in [0, 0.05) is 17.0 Å². The van der Waals surface area contributed by atoms with Gasteiger partial charge in [-0.25, -0.2) is 0 Å². The molecule has 1 N–H and O–H groups in total. The number of thioether (sulfide) groups is 1. The number of fused-ring (bicyclic) bond motifs is 3. The minimum atomic E-state index is -0.539. The van der Waals surface area contributed by atoms with Crippen LogP contribution in [0, 0.1) is 0 Å². The summed E-state index contributed by atoms with van der Waals surface area (Å²) < 4.78 is 17.4. The van der Waals surface area contributed by atoms with Crippen molar-refractivity contribution in [2.24, 2.45) is 0 Å². The van der Waals surface area contributed by atoms with Crippen molar-refractivity contribution >= 4 is 17.4 Å². The van der Waals surface area contributed by atoms with Gasteiger partial charge in [-0.2, -0.15) is 4.98 Å². The van der Waals surface area contributed by atoms with Crippen molar-refractivity contribution in [2.75, 3.05) is 25.3 Å². The van der Waals surface area contributed by atoms with Crippen molar-refractivity contribution in [1.29, 1.82) is 0 Å². The van der Waals surface area contributed by atoms with E-state index in [0.29, 0.717) is 28.2 Å². The van der Waals surface area contributed by atoms with Crippen LogP contribution in [0.15, 0.2) is 47.6 Å². The second-order valence-corrected chi connectivity index (χ2v) is 7.43. The molecule has 0 bridgehead atoms. The maximum Gasteiger partial charge on any atom is 0.247 e. The topological polar surface area (TPSA) is 78.4 Å². The average Bonchev–Trinajstić information content (AvgIpc) is 2.93. The number of nitrogens with one attached hydrogen (secondary N) is 1. The number of benzene rings is 2. The monoisotopic (exact) mass is 410 g/mol. The standard InChI is InChI=1S/C21H22N4O3S/c1-4-12-29-21-23-20-17(24-25-21)13-8-5-6-10-15(13)22-19(28-20)14-9-7-11-16(26-2)18(14)27-3/h5-11,19,22H,4,12H2,1-3H3/t19-/m1/s1. The van der Waals surface area contributed by atoms with Crippen LogP contribution >= 0.6 is 11.8 Å². The maximum absolute atomic E-state index is 6.31. The first-order chi connectivity index (χ1) is 14.2. The molecule has 0 fully saturated rings. The predicted octanol–water partition coefficient (Wildman–Crippen LogP) is 4.56. The molecule has 0 unspecified atom stereocenters. The summed E-state index contributed by atoms with van der Waals surface area (Å²) in [6.07, 6.45) is 0.489. The van der Waals surface area contributed by atoms with Crippen molar-refractivity contribution < 1.29 is 14.2 Å². The molecule has 1 aliphatic rings. The highest BCUT2D eigenvalue weighted by atomic mass is 32.2. The van der Waals surface area contributed by atoms with E-state index in [1.807, 2.05) is 42.5 Å². The summed E-state index contributed by atoms with van der Waals surface area (Å²) >= 11 is 1.56.